The molecule has 2 aliphatic rings. The van der Waals surface area contributed by atoms with Crippen molar-refractivity contribution in [2.24, 2.45) is 0 Å². The monoisotopic (exact) mass is 508 g/mol. The first-order valence-corrected chi connectivity index (χ1v) is 11.6. The number of fused-ring (bicyclic) bond motifs is 2. The number of nitrogens with one attached hydrogen (secondary N) is 2. The van der Waals surface area contributed by atoms with Crippen molar-refractivity contribution in [2.45, 2.75) is 25.8 Å². The van der Waals surface area contributed by atoms with Crippen LogP contribution in [-0.2, 0) is 16.1 Å². The second kappa shape index (κ2) is 10.1. The molecule has 0 saturated heterocycles. The van der Waals surface area contributed by atoms with Crippen molar-refractivity contribution in [1.29, 1.82) is 0 Å². The van der Waals surface area contributed by atoms with Gasteiger partial charge in [-0.2, -0.15) is 0 Å². The van der Waals surface area contributed by atoms with Gasteiger partial charge in [0.05, 0.1) is 12.2 Å². The highest BCUT2D eigenvalue weighted by Crippen LogP contribution is 2.39. The minimum atomic E-state index is -0.913. The molecule has 1 aromatic heterocycles. The first-order valence-electron chi connectivity index (χ1n) is 11.6. The third-order valence-electron chi connectivity index (χ3n) is 6.06. The smallest absolute Gasteiger partial charge is 0.343 e. The number of H-pyrrole nitrogens is 1. The van der Waals surface area contributed by atoms with Crippen LogP contribution in [0.15, 0.2) is 47.4 Å². The number of esters is 1. The third-order valence-corrected chi connectivity index (χ3v) is 6.06. The molecule has 2 aromatic carbocycles. The number of carbonyl (C=O) groups is 2. The highest BCUT2D eigenvalue weighted by molar-refractivity contribution is 5.92. The number of carbonyl (C=O) groups excluding carboxylic acids is 2. The molecule has 1 unspecified atom stereocenters. The summed E-state index contributed by atoms with van der Waals surface area (Å²) in [6, 6.07) is 10.3. The van der Waals surface area contributed by atoms with Crippen LogP contribution in [0.4, 0.5) is 0 Å². The quantitative estimate of drug-likeness (QED) is 0.391. The molecule has 192 valence electrons. The fourth-order valence-electron chi connectivity index (χ4n) is 4.25. The lowest BCUT2D eigenvalue weighted by Crippen LogP contribution is -2.27. The summed E-state index contributed by atoms with van der Waals surface area (Å²) in [6.45, 7) is 2.10. The molecule has 0 fully saturated rings. The van der Waals surface area contributed by atoms with Crippen molar-refractivity contribution in [3.8, 4) is 28.7 Å². The average molecular weight is 508 g/mol. The van der Waals surface area contributed by atoms with Crippen LogP contribution in [0.5, 0.6) is 28.7 Å². The van der Waals surface area contributed by atoms with Gasteiger partial charge in [0, 0.05) is 25.1 Å². The number of aromatic amines is 1. The maximum atomic E-state index is 13.1. The molecule has 11 nitrogen and oxygen atoms in total. The van der Waals surface area contributed by atoms with E-state index in [9.17, 15) is 19.5 Å². The van der Waals surface area contributed by atoms with Gasteiger partial charge in [0.2, 0.25) is 19.5 Å². The van der Waals surface area contributed by atoms with Gasteiger partial charge in [-0.05, 0) is 42.3 Å². The standard InChI is InChI=1S/C26H24N2O9/c1-2-33-26(32)17-11-28-25(31)23(24(17)30)16(15-4-6-19-21(8-15)37-13-35-19)9-22(29)27-10-14-3-5-18-20(7-14)36-12-34-18/h3-8,11,16H,2,9-10,12-13H2,1H3,(H,27,29)(H2,28,30,31). The first-order chi connectivity index (χ1) is 17.9. The molecule has 0 spiro atoms. The summed E-state index contributed by atoms with van der Waals surface area (Å²) < 4.78 is 26.5. The van der Waals surface area contributed by atoms with E-state index in [-0.39, 0.29) is 50.2 Å². The summed E-state index contributed by atoms with van der Waals surface area (Å²) in [6.07, 6.45) is 0.892. The minimum absolute atomic E-state index is 0.0453. The molecule has 3 N–H and O–H groups in total. The Kier molecular flexibility index (Phi) is 6.59. The highest BCUT2D eigenvalue weighted by Gasteiger charge is 2.29. The minimum Gasteiger partial charge on any atom is -0.506 e. The number of aromatic hydroxyl groups is 1. The molecule has 2 aliphatic heterocycles. The van der Waals surface area contributed by atoms with Gasteiger partial charge >= 0.3 is 5.97 Å². The molecule has 37 heavy (non-hydrogen) atoms. The largest absolute Gasteiger partial charge is 0.506 e. The van der Waals surface area contributed by atoms with Crippen LogP contribution >= 0.6 is 0 Å². The van der Waals surface area contributed by atoms with Gasteiger partial charge < -0.3 is 39.1 Å². The van der Waals surface area contributed by atoms with Crippen molar-refractivity contribution < 1.29 is 38.4 Å². The van der Waals surface area contributed by atoms with E-state index >= 15 is 0 Å². The molecule has 0 aliphatic carbocycles. The summed E-state index contributed by atoms with van der Waals surface area (Å²) in [7, 11) is 0. The molecule has 11 heteroatoms. The second-order valence-corrected chi connectivity index (χ2v) is 8.35. The normalized spacial score (nSPS) is 13.8. The van der Waals surface area contributed by atoms with Gasteiger partial charge in [-0.3, -0.25) is 9.59 Å². The summed E-state index contributed by atoms with van der Waals surface area (Å²) in [5, 5.41) is 13.8. The first kappa shape index (κ1) is 24.0. The zero-order valence-corrected chi connectivity index (χ0v) is 19.9. The highest BCUT2D eigenvalue weighted by atomic mass is 16.7. The van der Waals surface area contributed by atoms with E-state index < -0.39 is 23.2 Å². The molecule has 1 amide bonds. The molecule has 0 radical (unpaired) electrons. The molecule has 0 saturated carbocycles. The van der Waals surface area contributed by atoms with Gasteiger partial charge in [0.25, 0.3) is 5.56 Å². The molecule has 0 bridgehead atoms. The van der Waals surface area contributed by atoms with Crippen molar-refractivity contribution in [3.63, 3.8) is 0 Å². The molecule has 3 aromatic rings. The predicted octanol–water partition coefficient (Wildman–Crippen LogP) is 2.55. The Balaban J connectivity index is 1.44. The van der Waals surface area contributed by atoms with Crippen LogP contribution in [0.1, 0.15) is 46.3 Å². The molecule has 5 rings (SSSR count). The maximum Gasteiger partial charge on any atom is 0.343 e. The van der Waals surface area contributed by atoms with Crippen LogP contribution in [0.3, 0.4) is 0 Å². The molecule has 3 heterocycles. The number of rotatable bonds is 8. The fourth-order valence-corrected chi connectivity index (χ4v) is 4.25. The topological polar surface area (TPSA) is 145 Å². The van der Waals surface area contributed by atoms with Crippen LogP contribution in [0.2, 0.25) is 0 Å². The van der Waals surface area contributed by atoms with Gasteiger partial charge in [0.1, 0.15) is 11.3 Å². The predicted molar refractivity (Wildman–Crippen MR) is 128 cm³/mol. The van der Waals surface area contributed by atoms with Crippen LogP contribution < -0.4 is 29.8 Å². The van der Waals surface area contributed by atoms with E-state index in [4.69, 9.17) is 23.7 Å². The van der Waals surface area contributed by atoms with Crippen molar-refractivity contribution in [1.82, 2.24) is 10.3 Å². The van der Waals surface area contributed by atoms with E-state index in [2.05, 4.69) is 10.3 Å². The number of aromatic nitrogens is 1. The van der Waals surface area contributed by atoms with E-state index in [1.54, 1.807) is 37.3 Å². The SMILES string of the molecule is CCOC(=O)c1c[nH]c(=O)c(C(CC(=O)NCc2ccc3c(c2)OCO3)c2ccc3c(c2)OCO3)c1O. The van der Waals surface area contributed by atoms with Crippen LogP contribution in [-0.4, -0.2) is 42.2 Å². The number of amides is 1. The fraction of sp³-hybridized carbons (Fsp3) is 0.269. The van der Waals surface area contributed by atoms with Crippen molar-refractivity contribution >= 4 is 11.9 Å². The van der Waals surface area contributed by atoms with Crippen LogP contribution in [0, 0.1) is 0 Å². The Morgan fingerprint density at radius 2 is 1.70 bits per heavy atom. The van der Waals surface area contributed by atoms with Gasteiger partial charge in [-0.25, -0.2) is 4.79 Å². The summed E-state index contributed by atoms with van der Waals surface area (Å²) >= 11 is 0. The summed E-state index contributed by atoms with van der Waals surface area (Å²) in [5.41, 5.74) is 0.328. The Morgan fingerprint density at radius 1 is 1.03 bits per heavy atom. The van der Waals surface area contributed by atoms with Crippen molar-refractivity contribution in [2.75, 3.05) is 20.2 Å². The lowest BCUT2D eigenvalue weighted by Gasteiger charge is -2.19. The number of pyridine rings is 1. The van der Waals surface area contributed by atoms with Gasteiger partial charge in [-0.1, -0.05) is 12.1 Å². The Morgan fingerprint density at radius 3 is 2.43 bits per heavy atom. The van der Waals surface area contributed by atoms with Crippen molar-refractivity contribution in [3.05, 3.63) is 75.2 Å². The maximum absolute atomic E-state index is 13.1. The number of benzene rings is 2. The Bertz CT molecular complexity index is 1420. The lowest BCUT2D eigenvalue weighted by atomic mass is 9.87. The second-order valence-electron chi connectivity index (χ2n) is 8.35. The number of ether oxygens (including phenoxy) is 5. The average Bonchev–Trinajstić information content (AvgIpc) is 3.55. The van der Waals surface area contributed by atoms with Gasteiger partial charge in [0.15, 0.2) is 23.0 Å². The van der Waals surface area contributed by atoms with E-state index in [1.807, 2.05) is 6.07 Å². The summed E-state index contributed by atoms with van der Waals surface area (Å²) in [5.74, 6) is -0.451. The lowest BCUT2D eigenvalue weighted by molar-refractivity contribution is -0.121. The zero-order chi connectivity index (χ0) is 25.9. The Hall–Kier alpha value is -4.67. The van der Waals surface area contributed by atoms with E-state index in [0.717, 1.165) is 11.8 Å². The molecular formula is C26H24N2O9. The van der Waals surface area contributed by atoms with E-state index in [1.165, 1.54) is 0 Å². The third kappa shape index (κ3) is 4.88. The zero-order valence-electron chi connectivity index (χ0n) is 19.9. The molecule has 1 atom stereocenters. The van der Waals surface area contributed by atoms with E-state index in [0.29, 0.717) is 28.6 Å². The summed E-state index contributed by atoms with van der Waals surface area (Å²) in [4.78, 5) is 40.8. The number of hydrogen-bond donors (Lipinski definition) is 3. The number of hydrogen-bond acceptors (Lipinski definition) is 9. The van der Waals surface area contributed by atoms with Gasteiger partial charge in [-0.15, -0.1) is 0 Å². The Labute approximate surface area is 210 Å². The molecular weight excluding hydrogens is 484 g/mol. The van der Waals surface area contributed by atoms with Crippen LogP contribution in [0.25, 0.3) is 0 Å².